The van der Waals surface area contributed by atoms with Crippen molar-refractivity contribution in [3.05, 3.63) is 24.3 Å². The molecule has 0 bridgehead atoms. The van der Waals surface area contributed by atoms with E-state index in [-0.39, 0.29) is 12.3 Å². The summed E-state index contributed by atoms with van der Waals surface area (Å²) in [4.78, 5) is 22.4. The van der Waals surface area contributed by atoms with Gasteiger partial charge >= 0.3 is 0 Å². The van der Waals surface area contributed by atoms with E-state index in [0.29, 0.717) is 12.3 Å². The molecule has 0 aliphatic rings. The van der Waals surface area contributed by atoms with Gasteiger partial charge in [-0.1, -0.05) is 6.92 Å². The summed E-state index contributed by atoms with van der Waals surface area (Å²) in [5, 5.41) is 2.69. The highest BCUT2D eigenvalue weighted by Crippen LogP contribution is 2.16. The molecule has 0 aliphatic heterocycles. The number of nitrogens with one attached hydrogen (secondary N) is 1. The smallest absolute Gasteiger partial charge is 0.225 e. The molecule has 5 nitrogen and oxygen atoms in total. The Morgan fingerprint density at radius 1 is 1.33 bits per heavy atom. The first-order valence-corrected chi connectivity index (χ1v) is 5.85. The lowest BCUT2D eigenvalue weighted by molar-refractivity contribution is -0.125. The fraction of sp³-hybridized carbons (Fsp3) is 0.385. The average Bonchev–Trinajstić information content (AvgIpc) is 2.31. The SMILES string of the molecule is CCOc1ccc(NC(=O)CC(C)C(N)=O)cc1. The normalized spacial score (nSPS) is 11.7. The maximum Gasteiger partial charge on any atom is 0.225 e. The summed E-state index contributed by atoms with van der Waals surface area (Å²) in [6, 6.07) is 7.04. The molecule has 0 aromatic heterocycles. The third-order valence-electron chi connectivity index (χ3n) is 2.43. The maximum atomic E-state index is 11.6. The number of nitrogens with two attached hydrogens (primary N) is 1. The largest absolute Gasteiger partial charge is 0.494 e. The molecule has 1 aromatic carbocycles. The number of carbonyl (C=O) groups is 2. The topological polar surface area (TPSA) is 81.4 Å². The number of anilines is 1. The molecule has 0 spiro atoms. The van der Waals surface area contributed by atoms with Crippen molar-refractivity contribution < 1.29 is 14.3 Å². The quantitative estimate of drug-likeness (QED) is 0.803. The highest BCUT2D eigenvalue weighted by molar-refractivity contribution is 5.93. The van der Waals surface area contributed by atoms with E-state index in [9.17, 15) is 9.59 Å². The van der Waals surface area contributed by atoms with Crippen LogP contribution in [-0.2, 0) is 9.59 Å². The molecule has 1 unspecified atom stereocenters. The van der Waals surface area contributed by atoms with Crippen LogP contribution in [0, 0.1) is 5.92 Å². The van der Waals surface area contributed by atoms with Crippen LogP contribution in [0.15, 0.2) is 24.3 Å². The molecule has 1 aromatic rings. The average molecular weight is 250 g/mol. The van der Waals surface area contributed by atoms with Gasteiger partial charge < -0.3 is 15.8 Å². The van der Waals surface area contributed by atoms with Gasteiger partial charge in [-0.15, -0.1) is 0 Å². The van der Waals surface area contributed by atoms with Gasteiger partial charge in [0.25, 0.3) is 0 Å². The molecule has 0 heterocycles. The van der Waals surface area contributed by atoms with Gasteiger partial charge in [0.15, 0.2) is 0 Å². The molecule has 0 saturated heterocycles. The lowest BCUT2D eigenvalue weighted by atomic mass is 10.1. The molecule has 0 saturated carbocycles. The lowest BCUT2D eigenvalue weighted by Gasteiger charge is -2.09. The van der Waals surface area contributed by atoms with E-state index in [0.717, 1.165) is 5.75 Å². The molecule has 1 rings (SSSR count). The van der Waals surface area contributed by atoms with Crippen molar-refractivity contribution in [2.24, 2.45) is 11.7 Å². The summed E-state index contributed by atoms with van der Waals surface area (Å²) < 4.78 is 5.29. The first-order chi connectivity index (χ1) is 8.52. The van der Waals surface area contributed by atoms with E-state index < -0.39 is 11.8 Å². The Morgan fingerprint density at radius 3 is 2.44 bits per heavy atom. The van der Waals surface area contributed by atoms with E-state index in [1.54, 1.807) is 31.2 Å². The molecule has 3 N–H and O–H groups in total. The van der Waals surface area contributed by atoms with Gasteiger partial charge in [0.1, 0.15) is 5.75 Å². The fourth-order valence-electron chi connectivity index (χ4n) is 1.39. The zero-order chi connectivity index (χ0) is 13.5. The van der Waals surface area contributed by atoms with Crippen LogP contribution >= 0.6 is 0 Å². The Kier molecular flexibility index (Phi) is 5.17. The van der Waals surface area contributed by atoms with Crippen LogP contribution in [0.3, 0.4) is 0 Å². The van der Waals surface area contributed by atoms with E-state index in [1.165, 1.54) is 0 Å². The Labute approximate surface area is 106 Å². The third-order valence-corrected chi connectivity index (χ3v) is 2.43. The Bertz CT molecular complexity index is 415. The van der Waals surface area contributed by atoms with Gasteiger partial charge in [-0.25, -0.2) is 0 Å². The highest BCUT2D eigenvalue weighted by atomic mass is 16.5. The Hall–Kier alpha value is -2.04. The summed E-state index contributed by atoms with van der Waals surface area (Å²) in [7, 11) is 0. The molecule has 18 heavy (non-hydrogen) atoms. The minimum Gasteiger partial charge on any atom is -0.494 e. The van der Waals surface area contributed by atoms with Gasteiger partial charge in [0.05, 0.1) is 6.61 Å². The van der Waals surface area contributed by atoms with Crippen LogP contribution < -0.4 is 15.8 Å². The summed E-state index contributed by atoms with van der Waals surface area (Å²) in [6.45, 7) is 4.13. The minimum absolute atomic E-state index is 0.0859. The second-order valence-corrected chi connectivity index (χ2v) is 4.01. The van der Waals surface area contributed by atoms with Crippen molar-refractivity contribution in [2.45, 2.75) is 20.3 Å². The van der Waals surface area contributed by atoms with E-state index in [1.807, 2.05) is 6.92 Å². The first kappa shape index (κ1) is 14.0. The van der Waals surface area contributed by atoms with Crippen LogP contribution in [0.25, 0.3) is 0 Å². The number of benzene rings is 1. The Morgan fingerprint density at radius 2 is 1.94 bits per heavy atom. The predicted octanol–water partition coefficient (Wildman–Crippen LogP) is 1.54. The van der Waals surface area contributed by atoms with Crippen molar-refractivity contribution in [3.8, 4) is 5.75 Å². The van der Waals surface area contributed by atoms with Crippen LogP contribution in [0.4, 0.5) is 5.69 Å². The van der Waals surface area contributed by atoms with Crippen molar-refractivity contribution >= 4 is 17.5 Å². The standard InChI is InChI=1S/C13H18N2O3/c1-3-18-11-6-4-10(5-7-11)15-12(16)8-9(2)13(14)17/h4-7,9H,3,8H2,1-2H3,(H2,14,17)(H,15,16). The first-order valence-electron chi connectivity index (χ1n) is 5.85. The molecular formula is C13H18N2O3. The molecular weight excluding hydrogens is 232 g/mol. The van der Waals surface area contributed by atoms with Gasteiger partial charge in [0.2, 0.25) is 11.8 Å². The van der Waals surface area contributed by atoms with Crippen molar-refractivity contribution in [2.75, 3.05) is 11.9 Å². The van der Waals surface area contributed by atoms with E-state index in [4.69, 9.17) is 10.5 Å². The number of hydrogen-bond acceptors (Lipinski definition) is 3. The summed E-state index contributed by atoms with van der Waals surface area (Å²) in [5.41, 5.74) is 5.76. The minimum atomic E-state index is -0.475. The molecule has 0 radical (unpaired) electrons. The number of carbonyl (C=O) groups excluding carboxylic acids is 2. The van der Waals surface area contributed by atoms with Crippen LogP contribution in [0.1, 0.15) is 20.3 Å². The van der Waals surface area contributed by atoms with Crippen LogP contribution in [0.5, 0.6) is 5.75 Å². The van der Waals surface area contributed by atoms with Crippen molar-refractivity contribution in [1.29, 1.82) is 0 Å². The zero-order valence-electron chi connectivity index (χ0n) is 10.6. The third kappa shape index (κ3) is 4.45. The number of amides is 2. The van der Waals surface area contributed by atoms with Gasteiger partial charge in [-0.2, -0.15) is 0 Å². The molecule has 0 fully saturated rings. The van der Waals surface area contributed by atoms with E-state index in [2.05, 4.69) is 5.32 Å². The molecule has 98 valence electrons. The second kappa shape index (κ2) is 6.64. The predicted molar refractivity (Wildman–Crippen MR) is 69.2 cm³/mol. The monoisotopic (exact) mass is 250 g/mol. The molecule has 2 amide bonds. The second-order valence-electron chi connectivity index (χ2n) is 4.01. The Balaban J connectivity index is 2.51. The highest BCUT2D eigenvalue weighted by Gasteiger charge is 2.13. The van der Waals surface area contributed by atoms with Gasteiger partial charge in [-0.05, 0) is 31.2 Å². The summed E-state index contributed by atoms with van der Waals surface area (Å²) in [6.07, 6.45) is 0.0859. The number of primary amides is 1. The lowest BCUT2D eigenvalue weighted by Crippen LogP contribution is -2.25. The van der Waals surface area contributed by atoms with Crippen molar-refractivity contribution in [1.82, 2.24) is 0 Å². The zero-order valence-corrected chi connectivity index (χ0v) is 10.6. The van der Waals surface area contributed by atoms with Gasteiger partial charge in [0, 0.05) is 18.0 Å². The number of ether oxygens (including phenoxy) is 1. The van der Waals surface area contributed by atoms with Crippen LogP contribution in [0.2, 0.25) is 0 Å². The van der Waals surface area contributed by atoms with Crippen molar-refractivity contribution in [3.63, 3.8) is 0 Å². The summed E-state index contributed by atoms with van der Waals surface area (Å²) in [5.74, 6) is -0.420. The number of hydrogen-bond donors (Lipinski definition) is 2. The summed E-state index contributed by atoms with van der Waals surface area (Å²) >= 11 is 0. The number of rotatable bonds is 6. The molecule has 1 atom stereocenters. The van der Waals surface area contributed by atoms with Gasteiger partial charge in [-0.3, -0.25) is 9.59 Å². The van der Waals surface area contributed by atoms with E-state index >= 15 is 0 Å². The fourth-order valence-corrected chi connectivity index (χ4v) is 1.39. The molecule has 5 heteroatoms. The van der Waals surface area contributed by atoms with Crippen LogP contribution in [-0.4, -0.2) is 18.4 Å². The molecule has 0 aliphatic carbocycles. The maximum absolute atomic E-state index is 11.6.